The van der Waals surface area contributed by atoms with E-state index in [9.17, 15) is 4.79 Å². The van der Waals surface area contributed by atoms with Crippen LogP contribution >= 0.6 is 0 Å². The molecular weight excluding hydrogens is 324 g/mol. The van der Waals surface area contributed by atoms with E-state index in [1.165, 1.54) is 6.42 Å². The van der Waals surface area contributed by atoms with E-state index in [0.717, 1.165) is 37.1 Å². The maximum absolute atomic E-state index is 13.1. The predicted octanol–water partition coefficient (Wildman–Crippen LogP) is 3.62. The van der Waals surface area contributed by atoms with Crippen LogP contribution in [0.3, 0.4) is 0 Å². The van der Waals surface area contributed by atoms with Gasteiger partial charge in [-0.3, -0.25) is 14.5 Å². The number of hydrogen-bond acceptors (Lipinski definition) is 3. The summed E-state index contributed by atoms with van der Waals surface area (Å²) in [5.41, 5.74) is 3.41. The summed E-state index contributed by atoms with van der Waals surface area (Å²) in [4.78, 5) is 19.3. The molecule has 3 heterocycles. The highest BCUT2D eigenvalue weighted by Gasteiger charge is 2.24. The van der Waals surface area contributed by atoms with Crippen LogP contribution in [0, 0.1) is 0 Å². The van der Waals surface area contributed by atoms with Crippen molar-refractivity contribution in [3.63, 3.8) is 0 Å². The number of carbonyl (C=O) groups excluding carboxylic acids is 1. The van der Waals surface area contributed by atoms with Gasteiger partial charge in [0.2, 0.25) is 0 Å². The number of benzene rings is 1. The maximum Gasteiger partial charge on any atom is 0.257 e. The average Bonchev–Trinajstić information content (AvgIpc) is 3.13. The summed E-state index contributed by atoms with van der Waals surface area (Å²) in [6.07, 6.45) is 8.73. The first-order valence-electron chi connectivity index (χ1n) is 9.12. The van der Waals surface area contributed by atoms with E-state index in [1.807, 2.05) is 46.1 Å². The minimum atomic E-state index is 0.0721. The maximum atomic E-state index is 13.1. The molecule has 1 saturated heterocycles. The van der Waals surface area contributed by atoms with Gasteiger partial charge in [0.1, 0.15) is 5.69 Å². The van der Waals surface area contributed by atoms with Crippen LogP contribution in [0.2, 0.25) is 0 Å². The molecule has 1 aliphatic rings. The molecule has 1 fully saturated rings. The second-order valence-corrected chi connectivity index (χ2v) is 6.67. The lowest BCUT2D eigenvalue weighted by Gasteiger charge is -2.26. The average molecular weight is 346 g/mol. The van der Waals surface area contributed by atoms with E-state index in [1.54, 1.807) is 12.4 Å². The summed E-state index contributed by atoms with van der Waals surface area (Å²) in [7, 11) is 0. The van der Waals surface area contributed by atoms with E-state index in [2.05, 4.69) is 17.1 Å². The highest BCUT2D eigenvalue weighted by Crippen LogP contribution is 2.24. The van der Waals surface area contributed by atoms with Crippen LogP contribution in [0.25, 0.3) is 11.3 Å². The largest absolute Gasteiger partial charge is 0.339 e. The number of rotatable bonds is 4. The fraction of sp³-hybridized carbons (Fsp3) is 0.286. The summed E-state index contributed by atoms with van der Waals surface area (Å²) in [5, 5.41) is 4.72. The van der Waals surface area contributed by atoms with E-state index in [4.69, 9.17) is 5.10 Å². The van der Waals surface area contributed by atoms with Crippen molar-refractivity contribution in [1.29, 1.82) is 0 Å². The monoisotopic (exact) mass is 346 g/mol. The van der Waals surface area contributed by atoms with Crippen molar-refractivity contribution in [2.45, 2.75) is 25.8 Å². The summed E-state index contributed by atoms with van der Waals surface area (Å²) in [6, 6.07) is 14.0. The highest BCUT2D eigenvalue weighted by atomic mass is 16.2. The Balaban J connectivity index is 1.69. The first-order chi connectivity index (χ1) is 12.8. The summed E-state index contributed by atoms with van der Waals surface area (Å²) < 4.78 is 1.86. The Morgan fingerprint density at radius 1 is 1.00 bits per heavy atom. The van der Waals surface area contributed by atoms with Crippen LogP contribution in [-0.2, 0) is 6.54 Å². The zero-order valence-electron chi connectivity index (χ0n) is 14.7. The Morgan fingerprint density at radius 3 is 2.54 bits per heavy atom. The molecule has 132 valence electrons. The molecule has 1 aromatic carbocycles. The zero-order chi connectivity index (χ0) is 17.8. The van der Waals surface area contributed by atoms with Gasteiger partial charge in [-0.25, -0.2) is 0 Å². The molecule has 0 spiro atoms. The van der Waals surface area contributed by atoms with Gasteiger partial charge in [-0.15, -0.1) is 0 Å². The van der Waals surface area contributed by atoms with Crippen LogP contribution < -0.4 is 0 Å². The van der Waals surface area contributed by atoms with Gasteiger partial charge in [-0.05, 0) is 37.0 Å². The SMILES string of the molecule is O=C(c1cn(Cc2ccccc2)nc1-c1cccnc1)N1CCCCC1. The molecule has 0 N–H and O–H groups in total. The van der Waals surface area contributed by atoms with Gasteiger partial charge < -0.3 is 4.90 Å². The lowest BCUT2D eigenvalue weighted by atomic mass is 10.1. The number of piperidine rings is 1. The topological polar surface area (TPSA) is 51.0 Å². The quantitative estimate of drug-likeness (QED) is 0.725. The van der Waals surface area contributed by atoms with Crippen molar-refractivity contribution in [2.75, 3.05) is 13.1 Å². The number of aromatic nitrogens is 3. The number of carbonyl (C=O) groups is 1. The molecule has 4 rings (SSSR count). The van der Waals surface area contributed by atoms with Gasteiger partial charge in [-0.2, -0.15) is 5.10 Å². The number of pyridine rings is 1. The van der Waals surface area contributed by atoms with Crippen molar-refractivity contribution in [1.82, 2.24) is 19.7 Å². The van der Waals surface area contributed by atoms with Crippen LogP contribution in [0.1, 0.15) is 35.2 Å². The van der Waals surface area contributed by atoms with E-state index in [-0.39, 0.29) is 5.91 Å². The first-order valence-corrected chi connectivity index (χ1v) is 9.12. The first kappa shape index (κ1) is 16.5. The Kier molecular flexibility index (Phi) is 4.78. The molecule has 26 heavy (non-hydrogen) atoms. The molecule has 2 aromatic heterocycles. The summed E-state index contributed by atoms with van der Waals surface area (Å²) in [6.45, 7) is 2.30. The second kappa shape index (κ2) is 7.52. The molecule has 5 nitrogen and oxygen atoms in total. The lowest BCUT2D eigenvalue weighted by molar-refractivity contribution is 0.0725. The third-order valence-electron chi connectivity index (χ3n) is 4.76. The van der Waals surface area contributed by atoms with Gasteiger partial charge in [0.15, 0.2) is 0 Å². The third-order valence-corrected chi connectivity index (χ3v) is 4.76. The molecule has 0 saturated carbocycles. The van der Waals surface area contributed by atoms with Gasteiger partial charge in [0.05, 0.1) is 12.1 Å². The minimum Gasteiger partial charge on any atom is -0.339 e. The molecule has 1 amide bonds. The Hall–Kier alpha value is -2.95. The molecule has 0 bridgehead atoms. The number of amides is 1. The van der Waals surface area contributed by atoms with Gasteiger partial charge in [0, 0.05) is 37.2 Å². The zero-order valence-corrected chi connectivity index (χ0v) is 14.7. The fourth-order valence-electron chi connectivity index (χ4n) is 3.41. The number of nitrogens with zero attached hydrogens (tertiary/aromatic N) is 4. The van der Waals surface area contributed by atoms with Crippen LogP contribution in [0.5, 0.6) is 0 Å². The van der Waals surface area contributed by atoms with Crippen molar-refractivity contribution in [3.8, 4) is 11.3 Å². The molecule has 0 unspecified atom stereocenters. The summed E-state index contributed by atoms with van der Waals surface area (Å²) in [5.74, 6) is 0.0721. The van der Waals surface area contributed by atoms with Gasteiger partial charge >= 0.3 is 0 Å². The van der Waals surface area contributed by atoms with E-state index in [0.29, 0.717) is 17.8 Å². The smallest absolute Gasteiger partial charge is 0.257 e. The second-order valence-electron chi connectivity index (χ2n) is 6.67. The third kappa shape index (κ3) is 3.52. The van der Waals surface area contributed by atoms with E-state index < -0.39 is 0 Å². The molecule has 0 aliphatic carbocycles. The molecule has 0 atom stereocenters. The molecule has 5 heteroatoms. The Morgan fingerprint density at radius 2 is 1.81 bits per heavy atom. The van der Waals surface area contributed by atoms with Crippen molar-refractivity contribution >= 4 is 5.91 Å². The highest BCUT2D eigenvalue weighted by molar-refractivity contribution is 5.99. The fourth-order valence-corrected chi connectivity index (χ4v) is 3.41. The van der Waals surface area contributed by atoms with Crippen molar-refractivity contribution in [3.05, 3.63) is 72.2 Å². The Labute approximate surface area is 153 Å². The van der Waals surface area contributed by atoms with Crippen molar-refractivity contribution < 1.29 is 4.79 Å². The molecule has 3 aromatic rings. The summed E-state index contributed by atoms with van der Waals surface area (Å²) >= 11 is 0. The Bertz CT molecular complexity index is 868. The van der Waals surface area contributed by atoms with Crippen LogP contribution in [0.15, 0.2) is 61.1 Å². The predicted molar refractivity (Wildman–Crippen MR) is 101 cm³/mol. The minimum absolute atomic E-state index is 0.0721. The normalized spacial score (nSPS) is 14.4. The molecule has 0 radical (unpaired) electrons. The van der Waals surface area contributed by atoms with Crippen LogP contribution in [0.4, 0.5) is 0 Å². The van der Waals surface area contributed by atoms with Gasteiger partial charge in [0.25, 0.3) is 5.91 Å². The standard InChI is InChI=1S/C21H22N4O/c26-21(24-12-5-2-6-13-24)19-16-25(15-17-8-3-1-4-9-17)23-20(19)18-10-7-11-22-14-18/h1,3-4,7-11,14,16H,2,5-6,12-13,15H2. The number of hydrogen-bond donors (Lipinski definition) is 0. The molecular formula is C21H22N4O. The van der Waals surface area contributed by atoms with Gasteiger partial charge in [-0.1, -0.05) is 30.3 Å². The van der Waals surface area contributed by atoms with Crippen molar-refractivity contribution in [2.24, 2.45) is 0 Å². The van der Waals surface area contributed by atoms with E-state index >= 15 is 0 Å². The lowest BCUT2D eigenvalue weighted by Crippen LogP contribution is -2.35. The number of likely N-dealkylation sites (tertiary alicyclic amines) is 1. The molecule has 1 aliphatic heterocycles. The van der Waals surface area contributed by atoms with Crippen LogP contribution in [-0.4, -0.2) is 38.7 Å².